The third-order valence-corrected chi connectivity index (χ3v) is 9.25. The molecule has 1 amide bonds. The van der Waals surface area contributed by atoms with Crippen molar-refractivity contribution in [3.8, 4) is 5.75 Å². The van der Waals surface area contributed by atoms with Crippen LogP contribution in [0.25, 0.3) is 10.2 Å². The third kappa shape index (κ3) is 4.98. The standard InChI is InChI=1S/C20H20ClN3O4S3/c1-28-15-3-5-16(6-4-15)31(26,27)24-10-8-23(9-11-24)19(25)13-29-20-22-17-12-14(21)2-7-18(17)30-20/h2-7,12H,8-11,13H2,1H3. The second-order valence-corrected chi connectivity index (χ2v) is 11.5. The van der Waals surface area contributed by atoms with Gasteiger partial charge in [0, 0.05) is 31.2 Å². The number of fused-ring (bicyclic) bond motifs is 1. The van der Waals surface area contributed by atoms with Crippen molar-refractivity contribution in [1.29, 1.82) is 0 Å². The molecule has 0 spiro atoms. The number of carbonyl (C=O) groups is 1. The highest BCUT2D eigenvalue weighted by molar-refractivity contribution is 8.01. The summed E-state index contributed by atoms with van der Waals surface area (Å²) in [7, 11) is -2.06. The fourth-order valence-corrected chi connectivity index (χ4v) is 6.77. The second kappa shape index (κ2) is 9.33. The summed E-state index contributed by atoms with van der Waals surface area (Å²) in [6.45, 7) is 1.27. The van der Waals surface area contributed by atoms with Gasteiger partial charge >= 0.3 is 0 Å². The monoisotopic (exact) mass is 497 g/mol. The van der Waals surface area contributed by atoms with Gasteiger partial charge in [-0.15, -0.1) is 11.3 Å². The van der Waals surface area contributed by atoms with Crippen LogP contribution in [0.2, 0.25) is 5.02 Å². The van der Waals surface area contributed by atoms with E-state index in [-0.39, 0.29) is 29.6 Å². The van der Waals surface area contributed by atoms with Gasteiger partial charge < -0.3 is 9.64 Å². The topological polar surface area (TPSA) is 79.8 Å². The van der Waals surface area contributed by atoms with Crippen LogP contribution in [0.15, 0.2) is 51.7 Å². The first-order valence-corrected chi connectivity index (χ1v) is 13.1. The molecule has 4 rings (SSSR count). The SMILES string of the molecule is COc1ccc(S(=O)(=O)N2CCN(C(=O)CSc3nc4cc(Cl)ccc4s3)CC2)cc1. The highest BCUT2D eigenvalue weighted by Gasteiger charge is 2.30. The Morgan fingerprint density at radius 1 is 1.16 bits per heavy atom. The Bertz CT molecular complexity index is 1190. The lowest BCUT2D eigenvalue weighted by Gasteiger charge is -2.34. The zero-order valence-electron chi connectivity index (χ0n) is 16.7. The molecule has 0 aliphatic carbocycles. The van der Waals surface area contributed by atoms with Crippen LogP contribution in [0.5, 0.6) is 5.75 Å². The van der Waals surface area contributed by atoms with Crippen molar-refractivity contribution in [2.45, 2.75) is 9.24 Å². The molecule has 1 aliphatic rings. The molecule has 164 valence electrons. The highest BCUT2D eigenvalue weighted by Crippen LogP contribution is 2.31. The molecule has 1 aliphatic heterocycles. The molecule has 7 nitrogen and oxygen atoms in total. The molecule has 1 fully saturated rings. The summed E-state index contributed by atoms with van der Waals surface area (Å²) in [6, 6.07) is 11.9. The van der Waals surface area contributed by atoms with Gasteiger partial charge in [0.05, 0.1) is 28.0 Å². The lowest BCUT2D eigenvalue weighted by atomic mass is 10.3. The number of ether oxygens (including phenoxy) is 1. The van der Waals surface area contributed by atoms with Crippen LogP contribution >= 0.6 is 34.7 Å². The summed E-state index contributed by atoms with van der Waals surface area (Å²) < 4.78 is 34.0. The number of thioether (sulfide) groups is 1. The number of methoxy groups -OCH3 is 1. The lowest BCUT2D eigenvalue weighted by molar-refractivity contribution is -0.129. The van der Waals surface area contributed by atoms with Gasteiger partial charge in [-0.1, -0.05) is 23.4 Å². The molecule has 11 heteroatoms. The minimum Gasteiger partial charge on any atom is -0.497 e. The number of hydrogen-bond acceptors (Lipinski definition) is 7. The zero-order chi connectivity index (χ0) is 22.0. The molecule has 0 unspecified atom stereocenters. The molecule has 0 atom stereocenters. The van der Waals surface area contributed by atoms with Gasteiger partial charge in [-0.2, -0.15) is 4.31 Å². The van der Waals surface area contributed by atoms with Gasteiger partial charge in [-0.3, -0.25) is 4.79 Å². The molecule has 0 saturated carbocycles. The van der Waals surface area contributed by atoms with Crippen LogP contribution in [0.3, 0.4) is 0 Å². The van der Waals surface area contributed by atoms with E-state index in [1.165, 1.54) is 46.6 Å². The number of amides is 1. The molecule has 1 saturated heterocycles. The molecular formula is C20H20ClN3O4S3. The number of nitrogens with zero attached hydrogens (tertiary/aromatic N) is 3. The Morgan fingerprint density at radius 2 is 1.87 bits per heavy atom. The first kappa shape index (κ1) is 22.3. The van der Waals surface area contributed by atoms with Crippen molar-refractivity contribution in [1.82, 2.24) is 14.2 Å². The van der Waals surface area contributed by atoms with Crippen LogP contribution in [-0.2, 0) is 14.8 Å². The first-order chi connectivity index (χ1) is 14.9. The Hall–Kier alpha value is -1.85. The van der Waals surface area contributed by atoms with Crippen LogP contribution in [-0.4, -0.2) is 67.6 Å². The number of hydrogen-bond donors (Lipinski definition) is 0. The maximum atomic E-state index is 12.8. The molecule has 0 N–H and O–H groups in total. The number of piperazine rings is 1. The van der Waals surface area contributed by atoms with E-state index in [1.807, 2.05) is 18.2 Å². The molecule has 2 heterocycles. The van der Waals surface area contributed by atoms with Crippen molar-refractivity contribution in [2.75, 3.05) is 39.0 Å². The van der Waals surface area contributed by atoms with Gasteiger partial charge in [-0.05, 0) is 42.5 Å². The molecule has 1 aromatic heterocycles. The number of benzene rings is 2. The molecular weight excluding hydrogens is 478 g/mol. The quantitative estimate of drug-likeness (QED) is 0.484. The number of sulfonamides is 1. The second-order valence-electron chi connectivity index (χ2n) is 6.84. The Balaban J connectivity index is 1.32. The van der Waals surface area contributed by atoms with E-state index in [1.54, 1.807) is 17.0 Å². The number of rotatable bonds is 6. The Morgan fingerprint density at radius 3 is 2.55 bits per heavy atom. The third-order valence-electron chi connectivity index (χ3n) is 4.94. The smallest absolute Gasteiger partial charge is 0.243 e. The number of aromatic nitrogens is 1. The molecule has 0 bridgehead atoms. The van der Waals surface area contributed by atoms with Crippen molar-refractivity contribution in [3.05, 3.63) is 47.5 Å². The number of carbonyl (C=O) groups excluding carboxylic acids is 1. The van der Waals surface area contributed by atoms with Crippen molar-refractivity contribution in [2.24, 2.45) is 0 Å². The Labute approximate surface area is 194 Å². The van der Waals surface area contributed by atoms with Crippen molar-refractivity contribution in [3.63, 3.8) is 0 Å². The fourth-order valence-electron chi connectivity index (χ4n) is 3.23. The molecule has 2 aromatic carbocycles. The van der Waals surface area contributed by atoms with Gasteiger partial charge in [0.2, 0.25) is 15.9 Å². The van der Waals surface area contributed by atoms with Crippen molar-refractivity contribution < 1.29 is 17.9 Å². The van der Waals surface area contributed by atoms with Crippen LogP contribution in [0, 0.1) is 0 Å². The van der Waals surface area contributed by atoms with Gasteiger partial charge in [0.1, 0.15) is 5.75 Å². The van der Waals surface area contributed by atoms with E-state index >= 15 is 0 Å². The van der Waals surface area contributed by atoms with Gasteiger partial charge in [0.25, 0.3) is 0 Å². The van der Waals surface area contributed by atoms with E-state index in [9.17, 15) is 13.2 Å². The molecule has 0 radical (unpaired) electrons. The van der Waals surface area contributed by atoms with E-state index in [0.717, 1.165) is 14.6 Å². The maximum absolute atomic E-state index is 12.8. The Kier molecular flexibility index (Phi) is 6.73. The van der Waals surface area contributed by atoms with Gasteiger partial charge in [-0.25, -0.2) is 13.4 Å². The van der Waals surface area contributed by atoms with E-state index in [0.29, 0.717) is 23.9 Å². The summed E-state index contributed by atoms with van der Waals surface area (Å²) in [5.74, 6) is 0.838. The summed E-state index contributed by atoms with van der Waals surface area (Å²) in [6.07, 6.45) is 0. The van der Waals surface area contributed by atoms with Crippen molar-refractivity contribution >= 4 is 60.8 Å². The zero-order valence-corrected chi connectivity index (χ0v) is 19.9. The maximum Gasteiger partial charge on any atom is 0.243 e. The van der Waals surface area contributed by atoms with E-state index in [4.69, 9.17) is 16.3 Å². The summed E-state index contributed by atoms with van der Waals surface area (Å²) in [5, 5.41) is 0.632. The summed E-state index contributed by atoms with van der Waals surface area (Å²) >= 11 is 8.91. The van der Waals surface area contributed by atoms with Crippen LogP contribution in [0.1, 0.15) is 0 Å². The largest absolute Gasteiger partial charge is 0.497 e. The normalized spacial score (nSPS) is 15.4. The average Bonchev–Trinajstić information content (AvgIpc) is 3.19. The van der Waals surface area contributed by atoms with Crippen LogP contribution < -0.4 is 4.74 Å². The number of thiazole rings is 1. The molecule has 31 heavy (non-hydrogen) atoms. The highest BCUT2D eigenvalue weighted by atomic mass is 35.5. The minimum absolute atomic E-state index is 0.0243. The lowest BCUT2D eigenvalue weighted by Crippen LogP contribution is -2.50. The van der Waals surface area contributed by atoms with Crippen LogP contribution in [0.4, 0.5) is 0 Å². The van der Waals surface area contributed by atoms with Gasteiger partial charge in [0.15, 0.2) is 4.34 Å². The predicted molar refractivity (Wildman–Crippen MR) is 124 cm³/mol. The molecule has 3 aromatic rings. The summed E-state index contributed by atoms with van der Waals surface area (Å²) in [4.78, 5) is 19.1. The number of halogens is 1. The fraction of sp³-hybridized carbons (Fsp3) is 0.300. The predicted octanol–water partition coefficient (Wildman–Crippen LogP) is 3.58. The van der Waals surface area contributed by atoms with E-state index < -0.39 is 10.0 Å². The first-order valence-electron chi connectivity index (χ1n) is 9.48. The minimum atomic E-state index is -3.59. The average molecular weight is 498 g/mol. The summed E-state index contributed by atoms with van der Waals surface area (Å²) in [5.41, 5.74) is 0.824. The van der Waals surface area contributed by atoms with E-state index in [2.05, 4.69) is 4.98 Å².